The molecule has 66 valence electrons. The minimum atomic E-state index is -0.0313. The van der Waals surface area contributed by atoms with Crippen molar-refractivity contribution in [2.24, 2.45) is 11.5 Å². The van der Waals surface area contributed by atoms with Gasteiger partial charge in [0.25, 0.3) is 0 Å². The first-order valence-corrected chi connectivity index (χ1v) is 4.31. The molecule has 0 saturated heterocycles. The zero-order valence-corrected chi connectivity index (χ0v) is 7.40. The summed E-state index contributed by atoms with van der Waals surface area (Å²) in [6.07, 6.45) is 0.913. The molecule has 12 heavy (non-hydrogen) atoms. The van der Waals surface area contributed by atoms with Gasteiger partial charge in [-0.1, -0.05) is 37.3 Å². The Kier molecular flexibility index (Phi) is 3.26. The van der Waals surface area contributed by atoms with E-state index in [1.807, 2.05) is 37.3 Å². The molecule has 0 aliphatic rings. The summed E-state index contributed by atoms with van der Waals surface area (Å²) in [6, 6.07) is 10.0. The van der Waals surface area contributed by atoms with Gasteiger partial charge in [0.15, 0.2) is 0 Å². The number of rotatable bonds is 3. The average molecular weight is 164 g/mol. The van der Waals surface area contributed by atoms with Crippen LogP contribution in [0.1, 0.15) is 24.9 Å². The molecule has 4 N–H and O–H groups in total. The summed E-state index contributed by atoms with van der Waals surface area (Å²) >= 11 is 0. The highest BCUT2D eigenvalue weighted by Crippen LogP contribution is 2.13. The van der Waals surface area contributed by atoms with Gasteiger partial charge < -0.3 is 11.5 Å². The number of hydrogen-bond donors (Lipinski definition) is 2. The molecule has 0 fully saturated rings. The summed E-state index contributed by atoms with van der Waals surface area (Å²) in [4.78, 5) is 0. The SMILES string of the molecule is CCC(N)C(N)c1ccccc1. The van der Waals surface area contributed by atoms with Crippen molar-refractivity contribution in [1.29, 1.82) is 0 Å². The quantitative estimate of drug-likeness (QED) is 0.710. The summed E-state index contributed by atoms with van der Waals surface area (Å²) in [6.45, 7) is 2.05. The van der Waals surface area contributed by atoms with Crippen LogP contribution in [0.25, 0.3) is 0 Å². The molecule has 2 atom stereocenters. The fourth-order valence-corrected chi connectivity index (χ4v) is 1.18. The molecule has 0 saturated carbocycles. The van der Waals surface area contributed by atoms with Gasteiger partial charge in [-0.05, 0) is 12.0 Å². The summed E-state index contributed by atoms with van der Waals surface area (Å²) < 4.78 is 0. The fraction of sp³-hybridized carbons (Fsp3) is 0.400. The zero-order valence-electron chi connectivity index (χ0n) is 7.40. The molecule has 0 heterocycles. The Morgan fingerprint density at radius 3 is 2.25 bits per heavy atom. The first-order chi connectivity index (χ1) is 5.75. The summed E-state index contributed by atoms with van der Waals surface area (Å²) in [5, 5.41) is 0. The third kappa shape index (κ3) is 2.06. The lowest BCUT2D eigenvalue weighted by Crippen LogP contribution is -2.33. The number of nitrogens with two attached hydrogens (primary N) is 2. The molecule has 2 unspecified atom stereocenters. The van der Waals surface area contributed by atoms with Crippen LogP contribution in [0.4, 0.5) is 0 Å². The Morgan fingerprint density at radius 1 is 1.17 bits per heavy atom. The zero-order chi connectivity index (χ0) is 8.97. The molecule has 1 aromatic rings. The molecular weight excluding hydrogens is 148 g/mol. The fourth-order valence-electron chi connectivity index (χ4n) is 1.18. The molecular formula is C10H16N2. The monoisotopic (exact) mass is 164 g/mol. The smallest absolute Gasteiger partial charge is 0.0448 e. The van der Waals surface area contributed by atoms with Crippen molar-refractivity contribution in [2.45, 2.75) is 25.4 Å². The first-order valence-electron chi connectivity index (χ1n) is 4.31. The van der Waals surface area contributed by atoms with Crippen LogP contribution < -0.4 is 11.5 Å². The van der Waals surface area contributed by atoms with Crippen LogP contribution >= 0.6 is 0 Å². The van der Waals surface area contributed by atoms with Crippen molar-refractivity contribution >= 4 is 0 Å². The predicted octanol–water partition coefficient (Wildman–Crippen LogP) is 1.42. The first kappa shape index (κ1) is 9.23. The van der Waals surface area contributed by atoms with Crippen LogP contribution in [-0.2, 0) is 0 Å². The predicted molar refractivity (Wildman–Crippen MR) is 51.6 cm³/mol. The summed E-state index contributed by atoms with van der Waals surface area (Å²) in [5.41, 5.74) is 12.9. The van der Waals surface area contributed by atoms with Gasteiger partial charge in [-0.3, -0.25) is 0 Å². The van der Waals surface area contributed by atoms with E-state index in [-0.39, 0.29) is 12.1 Å². The van der Waals surface area contributed by atoms with Crippen molar-refractivity contribution in [3.8, 4) is 0 Å². The van der Waals surface area contributed by atoms with Crippen molar-refractivity contribution in [3.63, 3.8) is 0 Å². The van der Waals surface area contributed by atoms with Crippen molar-refractivity contribution in [2.75, 3.05) is 0 Å². The average Bonchev–Trinajstić information content (AvgIpc) is 2.17. The van der Waals surface area contributed by atoms with Crippen LogP contribution in [0.2, 0.25) is 0 Å². The third-order valence-corrected chi connectivity index (χ3v) is 2.12. The van der Waals surface area contributed by atoms with E-state index in [0.29, 0.717) is 0 Å². The van der Waals surface area contributed by atoms with Gasteiger partial charge in [-0.2, -0.15) is 0 Å². The molecule has 2 heteroatoms. The molecule has 0 bridgehead atoms. The molecule has 0 radical (unpaired) electrons. The van der Waals surface area contributed by atoms with E-state index < -0.39 is 0 Å². The Bertz CT molecular complexity index is 221. The maximum absolute atomic E-state index is 5.92. The van der Waals surface area contributed by atoms with Gasteiger partial charge in [-0.25, -0.2) is 0 Å². The summed E-state index contributed by atoms with van der Waals surface area (Å²) in [7, 11) is 0. The highest BCUT2D eigenvalue weighted by molar-refractivity contribution is 5.19. The van der Waals surface area contributed by atoms with E-state index in [0.717, 1.165) is 12.0 Å². The highest BCUT2D eigenvalue weighted by Gasteiger charge is 2.11. The van der Waals surface area contributed by atoms with Crippen molar-refractivity contribution in [1.82, 2.24) is 0 Å². The topological polar surface area (TPSA) is 52.0 Å². The van der Waals surface area contributed by atoms with Crippen LogP contribution in [-0.4, -0.2) is 6.04 Å². The highest BCUT2D eigenvalue weighted by atomic mass is 14.8. The molecule has 0 aliphatic carbocycles. The second-order valence-corrected chi connectivity index (χ2v) is 3.01. The van der Waals surface area contributed by atoms with Gasteiger partial charge in [0.05, 0.1) is 0 Å². The van der Waals surface area contributed by atoms with Crippen molar-refractivity contribution in [3.05, 3.63) is 35.9 Å². The van der Waals surface area contributed by atoms with Crippen LogP contribution in [0.15, 0.2) is 30.3 Å². The van der Waals surface area contributed by atoms with Crippen LogP contribution in [0.3, 0.4) is 0 Å². The minimum Gasteiger partial charge on any atom is -0.326 e. The molecule has 0 aliphatic heterocycles. The molecule has 2 nitrogen and oxygen atoms in total. The Balaban J connectivity index is 2.71. The largest absolute Gasteiger partial charge is 0.326 e. The number of hydrogen-bond acceptors (Lipinski definition) is 2. The van der Waals surface area contributed by atoms with E-state index in [4.69, 9.17) is 11.5 Å². The minimum absolute atomic E-state index is 0.0313. The Morgan fingerprint density at radius 2 is 1.75 bits per heavy atom. The Labute approximate surface area is 73.6 Å². The second-order valence-electron chi connectivity index (χ2n) is 3.01. The van der Waals surface area contributed by atoms with E-state index >= 15 is 0 Å². The van der Waals surface area contributed by atoms with E-state index in [9.17, 15) is 0 Å². The van der Waals surface area contributed by atoms with Crippen molar-refractivity contribution < 1.29 is 0 Å². The molecule has 1 aromatic carbocycles. The van der Waals surface area contributed by atoms with E-state index in [2.05, 4.69) is 0 Å². The molecule has 0 aromatic heterocycles. The van der Waals surface area contributed by atoms with E-state index in [1.54, 1.807) is 0 Å². The van der Waals surface area contributed by atoms with Gasteiger partial charge in [0.2, 0.25) is 0 Å². The standard InChI is InChI=1S/C10H16N2/c1-2-9(11)10(12)8-6-4-3-5-7-8/h3-7,9-10H,2,11-12H2,1H3. The van der Waals surface area contributed by atoms with Gasteiger partial charge >= 0.3 is 0 Å². The third-order valence-electron chi connectivity index (χ3n) is 2.12. The maximum Gasteiger partial charge on any atom is 0.0448 e. The Hall–Kier alpha value is -0.860. The lowest BCUT2D eigenvalue weighted by molar-refractivity contribution is 0.532. The van der Waals surface area contributed by atoms with Gasteiger partial charge in [0, 0.05) is 12.1 Å². The normalized spacial score (nSPS) is 15.6. The molecule has 1 rings (SSSR count). The summed E-state index contributed by atoms with van der Waals surface area (Å²) in [5.74, 6) is 0. The van der Waals surface area contributed by atoms with Gasteiger partial charge in [-0.15, -0.1) is 0 Å². The molecule has 0 amide bonds. The van der Waals surface area contributed by atoms with Gasteiger partial charge in [0.1, 0.15) is 0 Å². The number of benzene rings is 1. The lowest BCUT2D eigenvalue weighted by Gasteiger charge is -2.18. The second kappa shape index (κ2) is 4.24. The lowest BCUT2D eigenvalue weighted by atomic mass is 9.99. The maximum atomic E-state index is 5.92. The molecule has 0 spiro atoms. The van der Waals surface area contributed by atoms with Crippen LogP contribution in [0, 0.1) is 0 Å². The van der Waals surface area contributed by atoms with E-state index in [1.165, 1.54) is 0 Å². The van der Waals surface area contributed by atoms with Crippen LogP contribution in [0.5, 0.6) is 0 Å².